The molecule has 0 aliphatic heterocycles. The predicted molar refractivity (Wildman–Crippen MR) is 114 cm³/mol. The molecule has 0 saturated carbocycles. The smallest absolute Gasteiger partial charge is 0.234 e. The predicted octanol–water partition coefficient (Wildman–Crippen LogP) is 4.29. The van der Waals surface area contributed by atoms with Gasteiger partial charge in [-0.15, -0.1) is 10.2 Å². The molecule has 1 N–H and O–H groups in total. The largest absolute Gasteiger partial charge is 0.325 e. The average Bonchev–Trinajstić information content (AvgIpc) is 3.07. The quantitative estimate of drug-likeness (QED) is 0.501. The Balaban J connectivity index is 1.40. The molecule has 1 heterocycles. The maximum atomic E-state index is 12.4. The van der Waals surface area contributed by atoms with Gasteiger partial charge in [-0.25, -0.2) is 0 Å². The van der Waals surface area contributed by atoms with E-state index >= 15 is 0 Å². The van der Waals surface area contributed by atoms with Gasteiger partial charge in [-0.2, -0.15) is 0 Å². The van der Waals surface area contributed by atoms with Gasteiger partial charge in [-0.05, 0) is 17.0 Å². The number of thioether (sulfide) groups is 1. The van der Waals surface area contributed by atoms with Crippen molar-refractivity contribution in [1.29, 1.82) is 0 Å². The van der Waals surface area contributed by atoms with Gasteiger partial charge in [0.15, 0.2) is 5.16 Å². The van der Waals surface area contributed by atoms with Crippen molar-refractivity contribution in [2.45, 2.75) is 11.6 Å². The summed E-state index contributed by atoms with van der Waals surface area (Å²) in [5.41, 5.74) is 2.01. The molecule has 1 aromatic heterocycles. The molecule has 0 atom stereocenters. The molecular formula is C22H20N4OS. The molecule has 0 bridgehead atoms. The molecule has 0 aliphatic carbocycles. The summed E-state index contributed by atoms with van der Waals surface area (Å²) in [4.78, 5) is 12.4. The highest BCUT2D eigenvalue weighted by atomic mass is 32.2. The van der Waals surface area contributed by atoms with Crippen LogP contribution in [0.15, 0.2) is 78.0 Å². The Bertz CT molecular complexity index is 1100. The summed E-state index contributed by atoms with van der Waals surface area (Å²) >= 11 is 1.39. The lowest BCUT2D eigenvalue weighted by atomic mass is 10.1. The molecule has 3 aromatic carbocycles. The maximum absolute atomic E-state index is 12.4. The number of nitrogens with zero attached hydrogens (tertiary/aromatic N) is 3. The number of carbonyl (C=O) groups excluding carboxylic acids is 1. The minimum absolute atomic E-state index is 0.0611. The van der Waals surface area contributed by atoms with Gasteiger partial charge in [0.1, 0.15) is 5.82 Å². The van der Waals surface area contributed by atoms with Crippen LogP contribution in [-0.4, -0.2) is 26.4 Å². The molecule has 1 amide bonds. The topological polar surface area (TPSA) is 59.8 Å². The number of amides is 1. The Kier molecular flexibility index (Phi) is 5.39. The first-order chi connectivity index (χ1) is 13.7. The van der Waals surface area contributed by atoms with E-state index in [0.717, 1.165) is 27.4 Å². The average molecular weight is 388 g/mol. The van der Waals surface area contributed by atoms with Crippen LogP contribution in [0.3, 0.4) is 0 Å². The van der Waals surface area contributed by atoms with E-state index in [0.29, 0.717) is 6.42 Å². The van der Waals surface area contributed by atoms with Gasteiger partial charge in [-0.3, -0.25) is 4.79 Å². The van der Waals surface area contributed by atoms with Gasteiger partial charge in [-0.1, -0.05) is 78.5 Å². The number of nitrogens with one attached hydrogen (secondary N) is 1. The Morgan fingerprint density at radius 1 is 0.964 bits per heavy atom. The van der Waals surface area contributed by atoms with Crippen molar-refractivity contribution in [3.05, 3.63) is 84.2 Å². The molecular weight excluding hydrogens is 368 g/mol. The van der Waals surface area contributed by atoms with Crippen molar-refractivity contribution in [3.8, 4) is 0 Å². The highest BCUT2D eigenvalue weighted by Gasteiger charge is 2.12. The van der Waals surface area contributed by atoms with Gasteiger partial charge < -0.3 is 9.88 Å². The zero-order chi connectivity index (χ0) is 19.3. The molecule has 0 aliphatic rings. The van der Waals surface area contributed by atoms with E-state index in [2.05, 4.69) is 27.6 Å². The fourth-order valence-electron chi connectivity index (χ4n) is 3.05. The summed E-state index contributed by atoms with van der Waals surface area (Å²) in [5.74, 6) is 1.10. The second-order valence-electron chi connectivity index (χ2n) is 6.48. The zero-order valence-corrected chi connectivity index (χ0v) is 16.3. The fraction of sp³-hybridized carbons (Fsp3) is 0.136. The molecule has 140 valence electrons. The molecule has 6 heteroatoms. The summed E-state index contributed by atoms with van der Waals surface area (Å²) in [5, 5.41) is 14.4. The molecule has 0 spiro atoms. The van der Waals surface area contributed by atoms with Gasteiger partial charge in [0.25, 0.3) is 0 Å². The van der Waals surface area contributed by atoms with E-state index in [9.17, 15) is 4.79 Å². The monoisotopic (exact) mass is 388 g/mol. The van der Waals surface area contributed by atoms with Crippen molar-refractivity contribution >= 4 is 34.1 Å². The lowest BCUT2D eigenvalue weighted by Gasteiger charge is -2.08. The van der Waals surface area contributed by atoms with Gasteiger partial charge in [0.05, 0.1) is 5.75 Å². The first-order valence-electron chi connectivity index (χ1n) is 9.03. The number of hydrogen-bond acceptors (Lipinski definition) is 4. The van der Waals surface area contributed by atoms with Crippen molar-refractivity contribution in [2.75, 3.05) is 11.1 Å². The molecule has 0 radical (unpaired) electrons. The van der Waals surface area contributed by atoms with Crippen LogP contribution >= 0.6 is 11.8 Å². The van der Waals surface area contributed by atoms with Crippen molar-refractivity contribution in [2.24, 2.45) is 7.05 Å². The lowest BCUT2D eigenvalue weighted by Crippen LogP contribution is -2.14. The number of anilines is 1. The molecule has 0 unspecified atom stereocenters. The second kappa shape index (κ2) is 8.27. The van der Waals surface area contributed by atoms with Crippen LogP contribution in [-0.2, 0) is 18.3 Å². The third kappa shape index (κ3) is 4.07. The third-order valence-corrected chi connectivity index (χ3v) is 5.55. The van der Waals surface area contributed by atoms with Gasteiger partial charge >= 0.3 is 0 Å². The summed E-state index contributed by atoms with van der Waals surface area (Å²) in [7, 11) is 1.93. The summed E-state index contributed by atoms with van der Waals surface area (Å²) in [6.07, 6.45) is 0.715. The summed E-state index contributed by atoms with van der Waals surface area (Å²) in [6, 6.07) is 24.1. The van der Waals surface area contributed by atoms with E-state index < -0.39 is 0 Å². The van der Waals surface area contributed by atoms with Gasteiger partial charge in [0.2, 0.25) is 5.91 Å². The standard InChI is InChI=1S/C22H20N4OS/c1-26-20(14-16-8-3-2-4-9-16)24-25-22(26)28-15-21(27)23-19-13-7-11-17-10-5-6-12-18(17)19/h2-13H,14-15H2,1H3,(H,23,27). The van der Waals surface area contributed by atoms with Gasteiger partial charge in [0, 0.05) is 24.5 Å². The number of fused-ring (bicyclic) bond motifs is 1. The molecule has 4 rings (SSSR count). The molecule has 5 nitrogen and oxygen atoms in total. The van der Waals surface area contributed by atoms with E-state index in [4.69, 9.17) is 0 Å². The fourth-order valence-corrected chi connectivity index (χ4v) is 3.78. The number of carbonyl (C=O) groups is 1. The number of rotatable bonds is 6. The Labute approximate surface area is 167 Å². The SMILES string of the molecule is Cn1c(Cc2ccccc2)nnc1SCC(=O)Nc1cccc2ccccc12. The molecule has 0 saturated heterocycles. The Morgan fingerprint density at radius 3 is 2.57 bits per heavy atom. The van der Waals surface area contributed by atoms with E-state index in [1.54, 1.807) is 0 Å². The van der Waals surface area contributed by atoms with Crippen molar-refractivity contribution < 1.29 is 4.79 Å². The number of benzene rings is 3. The van der Waals surface area contributed by atoms with E-state index in [1.165, 1.54) is 17.3 Å². The maximum Gasteiger partial charge on any atom is 0.234 e. The summed E-state index contributed by atoms with van der Waals surface area (Å²) < 4.78 is 1.95. The highest BCUT2D eigenvalue weighted by Crippen LogP contribution is 2.24. The Hall–Kier alpha value is -3.12. The molecule has 0 fully saturated rings. The molecule has 28 heavy (non-hydrogen) atoms. The van der Waals surface area contributed by atoms with E-state index in [1.807, 2.05) is 72.3 Å². The number of hydrogen-bond donors (Lipinski definition) is 1. The summed E-state index contributed by atoms with van der Waals surface area (Å²) in [6.45, 7) is 0. The second-order valence-corrected chi connectivity index (χ2v) is 7.43. The first kappa shape index (κ1) is 18.3. The van der Waals surface area contributed by atoms with Crippen molar-refractivity contribution in [1.82, 2.24) is 14.8 Å². The highest BCUT2D eigenvalue weighted by molar-refractivity contribution is 7.99. The molecule has 4 aromatic rings. The minimum Gasteiger partial charge on any atom is -0.325 e. The first-order valence-corrected chi connectivity index (χ1v) is 10.0. The zero-order valence-electron chi connectivity index (χ0n) is 15.5. The van der Waals surface area contributed by atoms with Crippen LogP contribution in [0.1, 0.15) is 11.4 Å². The van der Waals surface area contributed by atoms with Crippen LogP contribution in [0.2, 0.25) is 0 Å². The minimum atomic E-state index is -0.0611. The van der Waals surface area contributed by atoms with Crippen molar-refractivity contribution in [3.63, 3.8) is 0 Å². The third-order valence-electron chi connectivity index (χ3n) is 4.53. The Morgan fingerprint density at radius 2 is 1.71 bits per heavy atom. The number of aromatic nitrogens is 3. The van der Waals surface area contributed by atoms with Crippen LogP contribution in [0.5, 0.6) is 0 Å². The normalized spacial score (nSPS) is 10.9. The van der Waals surface area contributed by atoms with Crippen LogP contribution in [0.25, 0.3) is 10.8 Å². The lowest BCUT2D eigenvalue weighted by molar-refractivity contribution is -0.113. The van der Waals surface area contributed by atoms with Crippen LogP contribution in [0.4, 0.5) is 5.69 Å². The van der Waals surface area contributed by atoms with E-state index in [-0.39, 0.29) is 11.7 Å². The van der Waals surface area contributed by atoms with Crippen LogP contribution < -0.4 is 5.32 Å². The van der Waals surface area contributed by atoms with Crippen LogP contribution in [0, 0.1) is 0 Å².